The Morgan fingerprint density at radius 3 is 2.23 bits per heavy atom. The molecule has 1 N–H and O–H groups in total. The van der Waals surface area contributed by atoms with Gasteiger partial charge in [-0.05, 0) is 42.5 Å². The van der Waals surface area contributed by atoms with Crippen molar-refractivity contribution in [3.8, 4) is 11.5 Å². The minimum Gasteiger partial charge on any atom is -0.497 e. The molecule has 0 aromatic heterocycles. The minimum atomic E-state index is -1.24. The number of halogens is 1. The van der Waals surface area contributed by atoms with E-state index in [0.29, 0.717) is 17.0 Å². The van der Waals surface area contributed by atoms with Gasteiger partial charge in [0.2, 0.25) is 6.10 Å². The molecule has 6 nitrogen and oxygen atoms in total. The highest BCUT2D eigenvalue weighted by Crippen LogP contribution is 2.28. The number of anilines is 1. The Balaban J connectivity index is 1.89. The first kappa shape index (κ1) is 20.9. The second-order valence-electron chi connectivity index (χ2n) is 6.26. The third-order valence-electron chi connectivity index (χ3n) is 4.30. The fourth-order valence-electron chi connectivity index (χ4n) is 2.79. The summed E-state index contributed by atoms with van der Waals surface area (Å²) in [5.41, 5.74) is 0.969. The topological polar surface area (TPSA) is 73.9 Å². The first-order chi connectivity index (χ1) is 14.5. The molecule has 3 aromatic carbocycles. The highest BCUT2D eigenvalue weighted by Gasteiger charge is 2.27. The molecule has 0 saturated heterocycles. The second-order valence-corrected chi connectivity index (χ2v) is 6.26. The Hall–Kier alpha value is -3.87. The molecule has 0 saturated carbocycles. The molecule has 0 aliphatic rings. The molecule has 3 aromatic rings. The average molecular weight is 409 g/mol. The molecule has 154 valence electrons. The maximum atomic E-state index is 13.1. The van der Waals surface area contributed by atoms with Gasteiger partial charge in [0.1, 0.15) is 22.9 Å². The molecule has 0 bridgehead atoms. The third kappa shape index (κ3) is 4.94. The summed E-state index contributed by atoms with van der Waals surface area (Å²) < 4.78 is 29.1. The predicted molar refractivity (Wildman–Crippen MR) is 109 cm³/mol. The number of carbonyl (C=O) groups is 2. The number of carbonyl (C=O) groups excluding carboxylic acids is 2. The van der Waals surface area contributed by atoms with Gasteiger partial charge in [-0.3, -0.25) is 4.79 Å². The molecule has 0 aliphatic carbocycles. The van der Waals surface area contributed by atoms with E-state index in [1.54, 1.807) is 42.5 Å². The Bertz CT molecular complexity index is 1020. The van der Waals surface area contributed by atoms with Crippen molar-refractivity contribution in [3.05, 3.63) is 89.7 Å². The minimum absolute atomic E-state index is 0.118. The third-order valence-corrected chi connectivity index (χ3v) is 4.30. The molecule has 7 heteroatoms. The molecular weight excluding hydrogens is 389 g/mol. The Kier molecular flexibility index (Phi) is 6.64. The van der Waals surface area contributed by atoms with Gasteiger partial charge in [0.25, 0.3) is 5.91 Å². The van der Waals surface area contributed by atoms with Crippen LogP contribution in [0.15, 0.2) is 72.8 Å². The fourth-order valence-corrected chi connectivity index (χ4v) is 2.79. The zero-order valence-electron chi connectivity index (χ0n) is 16.4. The van der Waals surface area contributed by atoms with Crippen LogP contribution in [0, 0.1) is 5.82 Å². The van der Waals surface area contributed by atoms with Gasteiger partial charge < -0.3 is 19.5 Å². The van der Waals surface area contributed by atoms with Crippen LogP contribution >= 0.6 is 0 Å². The Labute approximate surface area is 173 Å². The van der Waals surface area contributed by atoms with E-state index in [1.165, 1.54) is 44.6 Å². The zero-order chi connectivity index (χ0) is 21.5. The van der Waals surface area contributed by atoms with Crippen LogP contribution < -0.4 is 14.8 Å². The van der Waals surface area contributed by atoms with Crippen LogP contribution in [-0.2, 0) is 9.53 Å². The maximum Gasteiger partial charge on any atom is 0.343 e. The summed E-state index contributed by atoms with van der Waals surface area (Å²) in [6.07, 6.45) is -1.24. The van der Waals surface area contributed by atoms with Crippen molar-refractivity contribution < 1.29 is 28.2 Å². The molecule has 0 aliphatic heterocycles. The van der Waals surface area contributed by atoms with E-state index in [9.17, 15) is 14.0 Å². The van der Waals surface area contributed by atoms with Gasteiger partial charge in [0.15, 0.2) is 0 Å². The second kappa shape index (κ2) is 9.56. The normalized spacial score (nSPS) is 11.3. The summed E-state index contributed by atoms with van der Waals surface area (Å²) in [4.78, 5) is 25.8. The van der Waals surface area contributed by atoms with Crippen molar-refractivity contribution in [2.45, 2.75) is 6.10 Å². The van der Waals surface area contributed by atoms with E-state index < -0.39 is 23.8 Å². The van der Waals surface area contributed by atoms with Crippen molar-refractivity contribution in [3.63, 3.8) is 0 Å². The van der Waals surface area contributed by atoms with Crippen molar-refractivity contribution in [1.29, 1.82) is 0 Å². The van der Waals surface area contributed by atoms with E-state index >= 15 is 0 Å². The molecule has 0 heterocycles. The van der Waals surface area contributed by atoms with Crippen LogP contribution in [0.2, 0.25) is 0 Å². The van der Waals surface area contributed by atoms with Crippen molar-refractivity contribution >= 4 is 17.6 Å². The first-order valence-corrected chi connectivity index (χ1v) is 9.06. The highest BCUT2D eigenvalue weighted by molar-refractivity contribution is 5.99. The number of amides is 1. The number of methoxy groups -OCH3 is 2. The summed E-state index contributed by atoms with van der Waals surface area (Å²) in [5, 5.41) is 2.64. The van der Waals surface area contributed by atoms with E-state index in [2.05, 4.69) is 5.32 Å². The van der Waals surface area contributed by atoms with Crippen LogP contribution in [0.4, 0.5) is 10.1 Å². The standard InChI is InChI=1S/C23H20FNO5/c1-28-18-12-13-20(29-2)19(14-18)23(27)30-21(15-6-4-3-5-7-15)22(26)25-17-10-8-16(24)9-11-17/h3-14,21H,1-2H3,(H,25,26). The lowest BCUT2D eigenvalue weighted by atomic mass is 10.1. The van der Waals surface area contributed by atoms with Crippen molar-refractivity contribution in [2.24, 2.45) is 0 Å². The van der Waals surface area contributed by atoms with Crippen LogP contribution in [0.25, 0.3) is 0 Å². The molecule has 30 heavy (non-hydrogen) atoms. The van der Waals surface area contributed by atoms with Gasteiger partial charge in [-0.2, -0.15) is 0 Å². The van der Waals surface area contributed by atoms with Crippen LogP contribution in [0.5, 0.6) is 11.5 Å². The number of esters is 1. The Morgan fingerprint density at radius 2 is 1.60 bits per heavy atom. The number of ether oxygens (including phenoxy) is 3. The lowest BCUT2D eigenvalue weighted by molar-refractivity contribution is -0.125. The smallest absolute Gasteiger partial charge is 0.343 e. The van der Waals surface area contributed by atoms with E-state index in [-0.39, 0.29) is 11.3 Å². The van der Waals surface area contributed by atoms with E-state index in [4.69, 9.17) is 14.2 Å². The van der Waals surface area contributed by atoms with Gasteiger partial charge in [-0.25, -0.2) is 9.18 Å². The van der Waals surface area contributed by atoms with Crippen LogP contribution in [0.3, 0.4) is 0 Å². The lowest BCUT2D eigenvalue weighted by Gasteiger charge is -2.19. The predicted octanol–water partition coefficient (Wildman–Crippen LogP) is 4.38. The number of rotatable bonds is 7. The van der Waals surface area contributed by atoms with Gasteiger partial charge in [-0.1, -0.05) is 30.3 Å². The largest absolute Gasteiger partial charge is 0.497 e. The molecule has 0 spiro atoms. The van der Waals surface area contributed by atoms with Crippen LogP contribution in [0.1, 0.15) is 22.0 Å². The molecule has 0 fully saturated rings. The number of hydrogen-bond acceptors (Lipinski definition) is 5. The summed E-state index contributed by atoms with van der Waals surface area (Å²) in [7, 11) is 2.90. The summed E-state index contributed by atoms with van der Waals surface area (Å²) >= 11 is 0. The van der Waals surface area contributed by atoms with E-state index in [1.807, 2.05) is 0 Å². The highest BCUT2D eigenvalue weighted by atomic mass is 19.1. The van der Waals surface area contributed by atoms with Gasteiger partial charge in [0, 0.05) is 11.3 Å². The molecule has 1 atom stereocenters. The molecule has 1 amide bonds. The monoisotopic (exact) mass is 409 g/mol. The SMILES string of the molecule is COc1ccc(OC)c(C(=O)OC(C(=O)Nc2ccc(F)cc2)c2ccccc2)c1. The molecule has 0 radical (unpaired) electrons. The number of benzene rings is 3. The summed E-state index contributed by atoms with van der Waals surface area (Å²) in [5.74, 6) is -1.04. The Morgan fingerprint density at radius 1 is 0.900 bits per heavy atom. The maximum absolute atomic E-state index is 13.1. The van der Waals surface area contributed by atoms with Gasteiger partial charge >= 0.3 is 5.97 Å². The number of hydrogen-bond donors (Lipinski definition) is 1. The van der Waals surface area contributed by atoms with Gasteiger partial charge in [-0.15, -0.1) is 0 Å². The lowest BCUT2D eigenvalue weighted by Crippen LogP contribution is -2.26. The number of nitrogens with one attached hydrogen (secondary N) is 1. The quantitative estimate of drug-likeness (QED) is 0.586. The summed E-state index contributed by atoms with van der Waals surface area (Å²) in [6, 6.07) is 18.6. The fraction of sp³-hybridized carbons (Fsp3) is 0.130. The van der Waals surface area contributed by atoms with Gasteiger partial charge in [0.05, 0.1) is 14.2 Å². The van der Waals surface area contributed by atoms with E-state index in [0.717, 1.165) is 0 Å². The van der Waals surface area contributed by atoms with Crippen molar-refractivity contribution in [1.82, 2.24) is 0 Å². The molecule has 1 unspecified atom stereocenters. The zero-order valence-corrected chi connectivity index (χ0v) is 16.4. The molecule has 3 rings (SSSR count). The first-order valence-electron chi connectivity index (χ1n) is 9.06. The van der Waals surface area contributed by atoms with Crippen molar-refractivity contribution in [2.75, 3.05) is 19.5 Å². The molecular formula is C23H20FNO5. The average Bonchev–Trinajstić information content (AvgIpc) is 2.78. The van der Waals surface area contributed by atoms with Crippen LogP contribution in [-0.4, -0.2) is 26.1 Å². The summed E-state index contributed by atoms with van der Waals surface area (Å²) in [6.45, 7) is 0.